The van der Waals surface area contributed by atoms with Gasteiger partial charge >= 0.3 is 0 Å². The molecule has 0 N–H and O–H groups in total. The second kappa shape index (κ2) is 14.3. The molecule has 4 nitrogen and oxygen atoms in total. The van der Waals surface area contributed by atoms with Crippen LogP contribution in [0.1, 0.15) is 0 Å². The number of hydrogen-bond donors (Lipinski definition) is 0. The molecule has 0 aliphatic heterocycles. The van der Waals surface area contributed by atoms with E-state index in [0.717, 1.165) is 72.6 Å². The molecule has 0 atom stereocenters. The lowest BCUT2D eigenvalue weighted by Gasteiger charge is -2.15. The normalized spacial score (nSPS) is 11.2. The highest BCUT2D eigenvalue weighted by atomic mass is 14.8. The number of aromatic nitrogens is 4. The quantitative estimate of drug-likeness (QED) is 0.154. The molecule has 0 amide bonds. The van der Waals surface area contributed by atoms with E-state index in [1.54, 1.807) is 12.4 Å². The highest BCUT2D eigenvalue weighted by molar-refractivity contribution is 6.17. The van der Waals surface area contributed by atoms with Crippen LogP contribution < -0.4 is 0 Å². The zero-order valence-electron chi connectivity index (χ0n) is 30.4. The van der Waals surface area contributed by atoms with E-state index in [1.165, 1.54) is 27.6 Å². The Balaban J connectivity index is 1.07. The summed E-state index contributed by atoms with van der Waals surface area (Å²) in [5, 5.41) is 3.47. The minimum Gasteiger partial charge on any atom is -0.255 e. The predicted octanol–water partition coefficient (Wildman–Crippen LogP) is 13.2. The molecule has 4 heterocycles. The standard InChI is InChI=1S/C52H34N4/c1-3-12-35(13-4-1)36-24-26-39(27-25-36)43-16-11-17-45-51(43)44-29-28-41(32-48(44)56-52(45)40-14-5-2-6-15-40)37-20-22-38(23-21-37)42-33-49(46-18-7-9-30-53-46)55-50(34-42)47-19-8-10-31-54-47/h1-34H. The van der Waals surface area contributed by atoms with E-state index in [0.29, 0.717) is 0 Å². The number of hydrogen-bond acceptors (Lipinski definition) is 4. The monoisotopic (exact) mass is 714 g/mol. The van der Waals surface area contributed by atoms with Crippen molar-refractivity contribution in [2.24, 2.45) is 0 Å². The first kappa shape index (κ1) is 33.0. The Morgan fingerprint density at radius 1 is 0.286 bits per heavy atom. The van der Waals surface area contributed by atoms with E-state index in [-0.39, 0.29) is 0 Å². The summed E-state index contributed by atoms with van der Waals surface area (Å²) in [6, 6.07) is 68.0. The van der Waals surface area contributed by atoms with Crippen LogP contribution in [0.25, 0.3) is 100 Å². The Hall–Kier alpha value is -7.56. The third kappa shape index (κ3) is 6.29. The van der Waals surface area contributed by atoms with Gasteiger partial charge in [-0.1, -0.05) is 152 Å². The molecule has 0 unspecified atom stereocenters. The lowest BCUT2D eigenvalue weighted by atomic mass is 9.91. The van der Waals surface area contributed by atoms with Gasteiger partial charge in [0.05, 0.1) is 34.0 Å². The molecule has 6 aromatic carbocycles. The summed E-state index contributed by atoms with van der Waals surface area (Å²) < 4.78 is 0. The van der Waals surface area contributed by atoms with Gasteiger partial charge in [0.1, 0.15) is 0 Å². The maximum Gasteiger partial charge on any atom is 0.0900 e. The van der Waals surface area contributed by atoms with Crippen molar-refractivity contribution < 1.29 is 0 Å². The molecule has 0 bridgehead atoms. The van der Waals surface area contributed by atoms with E-state index < -0.39 is 0 Å². The smallest absolute Gasteiger partial charge is 0.0900 e. The molecule has 0 saturated heterocycles. The molecule has 56 heavy (non-hydrogen) atoms. The minimum atomic E-state index is 0.807. The van der Waals surface area contributed by atoms with Crippen molar-refractivity contribution in [1.29, 1.82) is 0 Å². The minimum absolute atomic E-state index is 0.807. The van der Waals surface area contributed by atoms with Crippen LogP contribution in [0.4, 0.5) is 0 Å². The first-order valence-electron chi connectivity index (χ1n) is 18.8. The summed E-state index contributed by atoms with van der Waals surface area (Å²) in [6.45, 7) is 0. The number of nitrogens with zero attached hydrogens (tertiary/aromatic N) is 4. The van der Waals surface area contributed by atoms with Gasteiger partial charge in [-0.15, -0.1) is 0 Å². The van der Waals surface area contributed by atoms with Gasteiger partial charge < -0.3 is 0 Å². The van der Waals surface area contributed by atoms with Crippen molar-refractivity contribution in [2.45, 2.75) is 0 Å². The molecule has 0 fully saturated rings. The number of benzene rings is 6. The van der Waals surface area contributed by atoms with Crippen molar-refractivity contribution in [3.8, 4) is 78.5 Å². The summed E-state index contributed by atoms with van der Waals surface area (Å²) in [5.74, 6) is 0. The summed E-state index contributed by atoms with van der Waals surface area (Å²) in [4.78, 5) is 19.5. The Morgan fingerprint density at radius 3 is 1.41 bits per heavy atom. The van der Waals surface area contributed by atoms with Gasteiger partial charge in [0.25, 0.3) is 0 Å². The average molecular weight is 715 g/mol. The topological polar surface area (TPSA) is 51.6 Å². The molecule has 10 rings (SSSR count). The molecule has 0 aliphatic carbocycles. The fourth-order valence-corrected chi connectivity index (χ4v) is 7.61. The fourth-order valence-electron chi connectivity index (χ4n) is 7.61. The van der Waals surface area contributed by atoms with E-state index in [1.807, 2.05) is 36.4 Å². The molecular weight excluding hydrogens is 681 g/mol. The molecule has 10 aromatic rings. The second-order valence-electron chi connectivity index (χ2n) is 13.9. The average Bonchev–Trinajstić information content (AvgIpc) is 3.29. The molecule has 0 saturated carbocycles. The first-order chi connectivity index (χ1) is 27.7. The van der Waals surface area contributed by atoms with Gasteiger partial charge in [0.15, 0.2) is 0 Å². The zero-order valence-corrected chi connectivity index (χ0v) is 30.4. The van der Waals surface area contributed by atoms with Gasteiger partial charge in [-0.25, -0.2) is 9.97 Å². The maximum atomic E-state index is 5.37. The highest BCUT2D eigenvalue weighted by Crippen LogP contribution is 2.40. The second-order valence-corrected chi connectivity index (χ2v) is 13.9. The van der Waals surface area contributed by atoms with Gasteiger partial charge in [-0.05, 0) is 87.0 Å². The van der Waals surface area contributed by atoms with Crippen LogP contribution in [0.3, 0.4) is 0 Å². The van der Waals surface area contributed by atoms with Crippen molar-refractivity contribution in [3.63, 3.8) is 0 Å². The SMILES string of the molecule is c1ccc(-c2ccc(-c3cccc4c(-c5ccccc5)nc5cc(-c6ccc(-c7cc(-c8ccccn8)nc(-c8ccccn8)c7)cc6)ccc5c34)cc2)cc1. The number of fused-ring (bicyclic) bond motifs is 3. The van der Waals surface area contributed by atoms with Crippen molar-refractivity contribution >= 4 is 21.7 Å². The van der Waals surface area contributed by atoms with E-state index in [4.69, 9.17) is 9.97 Å². The lowest BCUT2D eigenvalue weighted by Crippen LogP contribution is -1.94. The van der Waals surface area contributed by atoms with Gasteiger partial charge in [-0.2, -0.15) is 0 Å². The van der Waals surface area contributed by atoms with Gasteiger partial charge in [-0.3, -0.25) is 9.97 Å². The van der Waals surface area contributed by atoms with Crippen LogP contribution in [-0.4, -0.2) is 19.9 Å². The maximum absolute atomic E-state index is 5.37. The highest BCUT2D eigenvalue weighted by Gasteiger charge is 2.16. The third-order valence-electron chi connectivity index (χ3n) is 10.4. The van der Waals surface area contributed by atoms with Crippen LogP contribution in [0, 0.1) is 0 Å². The first-order valence-corrected chi connectivity index (χ1v) is 18.8. The fraction of sp³-hybridized carbons (Fsp3) is 0. The van der Waals surface area contributed by atoms with Crippen LogP contribution in [-0.2, 0) is 0 Å². The van der Waals surface area contributed by atoms with Crippen molar-refractivity contribution in [2.75, 3.05) is 0 Å². The van der Waals surface area contributed by atoms with Crippen LogP contribution >= 0.6 is 0 Å². The van der Waals surface area contributed by atoms with Gasteiger partial charge in [0.2, 0.25) is 0 Å². The Kier molecular flexibility index (Phi) is 8.47. The van der Waals surface area contributed by atoms with Crippen LogP contribution in [0.5, 0.6) is 0 Å². The molecule has 0 aliphatic rings. The summed E-state index contributed by atoms with van der Waals surface area (Å²) in [7, 11) is 0. The predicted molar refractivity (Wildman–Crippen MR) is 231 cm³/mol. The molecular formula is C52H34N4. The lowest BCUT2D eigenvalue weighted by molar-refractivity contribution is 1.22. The molecule has 4 heteroatoms. The summed E-state index contributed by atoms with van der Waals surface area (Å²) >= 11 is 0. The molecule has 0 radical (unpaired) electrons. The zero-order chi connectivity index (χ0) is 37.3. The Morgan fingerprint density at radius 2 is 0.804 bits per heavy atom. The number of rotatable bonds is 7. The summed E-state index contributed by atoms with van der Waals surface area (Å²) in [6.07, 6.45) is 3.60. The van der Waals surface area contributed by atoms with E-state index in [2.05, 4.69) is 168 Å². The largest absolute Gasteiger partial charge is 0.255 e. The van der Waals surface area contributed by atoms with E-state index >= 15 is 0 Å². The molecule has 0 spiro atoms. The van der Waals surface area contributed by atoms with Crippen molar-refractivity contribution in [1.82, 2.24) is 19.9 Å². The third-order valence-corrected chi connectivity index (χ3v) is 10.4. The summed E-state index contributed by atoms with van der Waals surface area (Å²) in [5.41, 5.74) is 15.4. The Bertz CT molecular complexity index is 2910. The van der Waals surface area contributed by atoms with Crippen molar-refractivity contribution in [3.05, 3.63) is 207 Å². The van der Waals surface area contributed by atoms with Crippen LogP contribution in [0.15, 0.2) is 207 Å². The number of pyridine rings is 4. The van der Waals surface area contributed by atoms with Gasteiger partial charge in [0, 0.05) is 34.1 Å². The Labute approximate surface area is 325 Å². The van der Waals surface area contributed by atoms with Crippen LogP contribution in [0.2, 0.25) is 0 Å². The van der Waals surface area contributed by atoms with E-state index in [9.17, 15) is 0 Å². The molecule has 262 valence electrons. The molecule has 4 aromatic heterocycles.